The quantitative estimate of drug-likeness (QED) is 0.111. The number of rotatable bonds is 13. The van der Waals surface area contributed by atoms with Gasteiger partial charge in [0, 0.05) is 33.4 Å². The van der Waals surface area contributed by atoms with Crippen LogP contribution in [0.3, 0.4) is 0 Å². The zero-order chi connectivity index (χ0) is 36.8. The lowest BCUT2D eigenvalue weighted by molar-refractivity contribution is 0.103. The van der Waals surface area contributed by atoms with Crippen LogP contribution >= 0.6 is 0 Å². The molecule has 0 spiro atoms. The highest BCUT2D eigenvalue weighted by Crippen LogP contribution is 2.39. The van der Waals surface area contributed by atoms with Gasteiger partial charge in [0.1, 0.15) is 11.5 Å². The van der Waals surface area contributed by atoms with Crippen molar-refractivity contribution in [1.29, 1.82) is 0 Å². The highest BCUT2D eigenvalue weighted by atomic mass is 16.5. The van der Waals surface area contributed by atoms with Crippen molar-refractivity contribution >= 4 is 11.6 Å². The van der Waals surface area contributed by atoms with Gasteiger partial charge in [-0.1, -0.05) is 72.8 Å². The number of ketones is 2. The predicted molar refractivity (Wildman–Crippen MR) is 202 cm³/mol. The Kier molecular flexibility index (Phi) is 10.6. The molecule has 0 atom stereocenters. The molecular weight excluding hydrogens is 656 g/mol. The Morgan fingerprint density at radius 1 is 0.308 bits per heavy atom. The molecule has 8 nitrogen and oxygen atoms in total. The second-order valence-electron chi connectivity index (χ2n) is 11.8. The fourth-order valence-electron chi connectivity index (χ4n) is 6.11. The average Bonchev–Trinajstić information content (AvgIpc) is 3.22. The summed E-state index contributed by atoms with van der Waals surface area (Å²) in [5, 5.41) is 0. The molecule has 6 rings (SSSR count). The van der Waals surface area contributed by atoms with Gasteiger partial charge >= 0.3 is 0 Å². The van der Waals surface area contributed by atoms with E-state index in [0.29, 0.717) is 56.8 Å². The Morgan fingerprint density at radius 3 is 0.942 bits per heavy atom. The van der Waals surface area contributed by atoms with Gasteiger partial charge in [-0.25, -0.2) is 0 Å². The zero-order valence-corrected chi connectivity index (χ0v) is 29.8. The van der Waals surface area contributed by atoms with Crippen LogP contribution in [0, 0.1) is 0 Å². The Morgan fingerprint density at radius 2 is 0.615 bits per heavy atom. The van der Waals surface area contributed by atoms with E-state index in [0.717, 1.165) is 33.4 Å². The summed E-state index contributed by atoms with van der Waals surface area (Å²) in [7, 11) is 9.48. The van der Waals surface area contributed by atoms with E-state index in [1.807, 2.05) is 84.9 Å². The number of benzene rings is 6. The van der Waals surface area contributed by atoms with Gasteiger partial charge in [0.25, 0.3) is 0 Å². The molecule has 0 aromatic heterocycles. The van der Waals surface area contributed by atoms with Crippen molar-refractivity contribution in [2.24, 2.45) is 0 Å². The Bertz CT molecular complexity index is 2080. The van der Waals surface area contributed by atoms with Gasteiger partial charge in [-0.05, 0) is 70.8 Å². The Balaban J connectivity index is 1.21. The van der Waals surface area contributed by atoms with E-state index in [9.17, 15) is 9.59 Å². The van der Waals surface area contributed by atoms with Crippen LogP contribution in [0.4, 0.5) is 0 Å². The van der Waals surface area contributed by atoms with E-state index in [1.54, 1.807) is 79.1 Å². The van der Waals surface area contributed by atoms with Crippen molar-refractivity contribution in [1.82, 2.24) is 0 Å². The SMILES string of the molecule is COc1ccc(C(=O)c2ccc(-c3ccc(-c4ccc(-c5ccc(C(=O)c6ccc(OC)c(OC)c6)cc5)c(OC)c4)cc3OC)cc2)cc1OC. The first kappa shape index (κ1) is 35.3. The van der Waals surface area contributed by atoms with Crippen molar-refractivity contribution in [3.63, 3.8) is 0 Å². The minimum Gasteiger partial charge on any atom is -0.496 e. The third kappa shape index (κ3) is 7.04. The number of hydrogen-bond donors (Lipinski definition) is 0. The monoisotopic (exact) mass is 694 g/mol. The summed E-state index contributed by atoms with van der Waals surface area (Å²) in [6.07, 6.45) is 0. The summed E-state index contributed by atoms with van der Waals surface area (Å²) in [4.78, 5) is 26.5. The van der Waals surface area contributed by atoms with Gasteiger partial charge in [0.15, 0.2) is 34.6 Å². The maximum absolute atomic E-state index is 13.2. The molecule has 6 aromatic carbocycles. The smallest absolute Gasteiger partial charge is 0.193 e. The van der Waals surface area contributed by atoms with Crippen LogP contribution in [0.1, 0.15) is 31.8 Å². The molecule has 0 saturated heterocycles. The first-order valence-corrected chi connectivity index (χ1v) is 16.4. The fraction of sp³-hybridized carbons (Fsp3) is 0.136. The van der Waals surface area contributed by atoms with Crippen molar-refractivity contribution in [3.05, 3.63) is 144 Å². The van der Waals surface area contributed by atoms with Crippen LogP contribution in [-0.4, -0.2) is 54.2 Å². The van der Waals surface area contributed by atoms with Gasteiger partial charge in [0.2, 0.25) is 0 Å². The van der Waals surface area contributed by atoms with Gasteiger partial charge in [-0.2, -0.15) is 0 Å². The Hall–Kier alpha value is -6.54. The summed E-state index contributed by atoms with van der Waals surface area (Å²) in [5.41, 5.74) is 7.62. The minimum atomic E-state index is -0.119. The van der Waals surface area contributed by atoms with Crippen LogP contribution in [0.5, 0.6) is 34.5 Å². The van der Waals surface area contributed by atoms with E-state index in [2.05, 4.69) is 0 Å². The second kappa shape index (κ2) is 15.6. The van der Waals surface area contributed by atoms with Crippen LogP contribution in [0.2, 0.25) is 0 Å². The molecule has 0 aliphatic rings. The lowest BCUT2D eigenvalue weighted by Crippen LogP contribution is -2.02. The number of hydrogen-bond acceptors (Lipinski definition) is 8. The summed E-state index contributed by atoms with van der Waals surface area (Å²) in [5.74, 6) is 3.26. The largest absolute Gasteiger partial charge is 0.496 e. The van der Waals surface area contributed by atoms with Crippen LogP contribution in [-0.2, 0) is 0 Å². The summed E-state index contributed by atoms with van der Waals surface area (Å²) in [6, 6.07) is 37.2. The molecule has 0 fully saturated rings. The van der Waals surface area contributed by atoms with E-state index < -0.39 is 0 Å². The van der Waals surface area contributed by atoms with Crippen LogP contribution < -0.4 is 28.4 Å². The van der Waals surface area contributed by atoms with E-state index >= 15 is 0 Å². The molecule has 0 N–H and O–H groups in total. The molecule has 8 heteroatoms. The predicted octanol–water partition coefficient (Wildman–Crippen LogP) is 9.20. The highest BCUT2D eigenvalue weighted by Gasteiger charge is 2.17. The lowest BCUT2D eigenvalue weighted by atomic mass is 9.95. The summed E-state index contributed by atoms with van der Waals surface area (Å²) < 4.78 is 33.0. The molecule has 0 heterocycles. The van der Waals surface area contributed by atoms with Crippen molar-refractivity contribution < 1.29 is 38.0 Å². The second-order valence-corrected chi connectivity index (χ2v) is 11.8. The van der Waals surface area contributed by atoms with Gasteiger partial charge in [-0.3, -0.25) is 9.59 Å². The number of ether oxygens (including phenoxy) is 6. The average molecular weight is 695 g/mol. The van der Waals surface area contributed by atoms with E-state index in [4.69, 9.17) is 28.4 Å². The van der Waals surface area contributed by atoms with E-state index in [-0.39, 0.29) is 11.6 Å². The molecule has 0 aliphatic heterocycles. The first-order valence-electron chi connectivity index (χ1n) is 16.4. The maximum Gasteiger partial charge on any atom is 0.193 e. The molecule has 0 radical (unpaired) electrons. The third-order valence-corrected chi connectivity index (χ3v) is 8.94. The summed E-state index contributed by atoms with van der Waals surface area (Å²) in [6.45, 7) is 0. The van der Waals surface area contributed by atoms with Crippen LogP contribution in [0.15, 0.2) is 121 Å². The molecule has 0 amide bonds. The zero-order valence-electron chi connectivity index (χ0n) is 29.8. The van der Waals surface area contributed by atoms with Gasteiger partial charge < -0.3 is 28.4 Å². The molecule has 0 saturated carbocycles. The first-order chi connectivity index (χ1) is 25.3. The Labute approximate surface area is 303 Å². The molecule has 0 unspecified atom stereocenters. The van der Waals surface area contributed by atoms with Crippen molar-refractivity contribution in [2.75, 3.05) is 42.7 Å². The van der Waals surface area contributed by atoms with Gasteiger partial charge in [0.05, 0.1) is 42.7 Å². The molecule has 6 aromatic rings. The summed E-state index contributed by atoms with van der Waals surface area (Å²) >= 11 is 0. The highest BCUT2D eigenvalue weighted by molar-refractivity contribution is 6.10. The molecule has 0 bridgehead atoms. The van der Waals surface area contributed by atoms with E-state index in [1.165, 1.54) is 0 Å². The number of carbonyl (C=O) groups is 2. The fourth-order valence-corrected chi connectivity index (χ4v) is 6.11. The minimum absolute atomic E-state index is 0.119. The van der Waals surface area contributed by atoms with Gasteiger partial charge in [-0.15, -0.1) is 0 Å². The molecule has 0 aliphatic carbocycles. The number of methoxy groups -OCH3 is 6. The maximum atomic E-state index is 13.2. The molecule has 262 valence electrons. The van der Waals surface area contributed by atoms with Crippen molar-refractivity contribution in [3.8, 4) is 67.9 Å². The number of carbonyl (C=O) groups excluding carboxylic acids is 2. The topological polar surface area (TPSA) is 89.5 Å². The van der Waals surface area contributed by atoms with Crippen LogP contribution in [0.25, 0.3) is 33.4 Å². The lowest BCUT2D eigenvalue weighted by Gasteiger charge is -2.14. The molecular formula is C44H38O8. The normalized spacial score (nSPS) is 10.7. The van der Waals surface area contributed by atoms with Crippen molar-refractivity contribution in [2.45, 2.75) is 0 Å². The third-order valence-electron chi connectivity index (χ3n) is 8.94. The standard InChI is InChI=1S/C44H38O8/c1-47-37-21-17-33(25-41(37)51-5)43(45)29-11-7-27(8-12-29)35-19-15-31(23-39(35)49-3)32-16-20-36(40(24-32)50-4)28-9-13-30(14-10-28)44(46)34-18-22-38(48-2)42(26-34)52-6/h7-26H,1-6H3. The molecule has 52 heavy (non-hydrogen) atoms.